The number of hydrogen-bond acceptors (Lipinski definition) is 5. The molecule has 2 aromatic carbocycles. The van der Waals surface area contributed by atoms with E-state index in [2.05, 4.69) is 5.10 Å². The molecule has 9 nitrogen and oxygen atoms in total. The fourth-order valence-corrected chi connectivity index (χ4v) is 5.67. The van der Waals surface area contributed by atoms with Crippen molar-refractivity contribution in [3.8, 4) is 17.8 Å². The van der Waals surface area contributed by atoms with Crippen LogP contribution in [0.2, 0.25) is 10.0 Å². The average Bonchev–Trinajstić information content (AvgIpc) is 3.56. The third kappa shape index (κ3) is 5.33. The lowest BCUT2D eigenvalue weighted by Gasteiger charge is -2.40. The van der Waals surface area contributed by atoms with Gasteiger partial charge in [0.25, 0.3) is 0 Å². The van der Waals surface area contributed by atoms with Crippen LogP contribution in [-0.2, 0) is 16.8 Å². The van der Waals surface area contributed by atoms with Gasteiger partial charge in [-0.25, -0.2) is 13.9 Å². The van der Waals surface area contributed by atoms with E-state index in [-0.39, 0.29) is 41.7 Å². The molecule has 0 bridgehead atoms. The molecule has 0 saturated heterocycles. The van der Waals surface area contributed by atoms with Crippen molar-refractivity contribution in [1.29, 1.82) is 10.5 Å². The molecular formula is C23H14Cl2F6N6O3S. The number of nitrogens with two attached hydrogens (primary N) is 1. The van der Waals surface area contributed by atoms with Crippen LogP contribution in [0.3, 0.4) is 0 Å². The predicted octanol–water partition coefficient (Wildman–Crippen LogP) is 6.92. The fourth-order valence-electron chi connectivity index (χ4n) is 4.21. The first-order valence-corrected chi connectivity index (χ1v) is 13.7. The van der Waals surface area contributed by atoms with Crippen LogP contribution in [0.25, 0.3) is 5.69 Å². The predicted molar refractivity (Wildman–Crippen MR) is 135 cm³/mol. The van der Waals surface area contributed by atoms with Gasteiger partial charge in [0.15, 0.2) is 5.69 Å². The highest BCUT2D eigenvalue weighted by molar-refractivity contribution is 8.45. The minimum Gasteiger partial charge on any atom is -0.465 e. The zero-order valence-electron chi connectivity index (χ0n) is 20.0. The number of carbonyl (C=O) groups is 2. The first kappa shape index (κ1) is 29.9. The molecule has 3 aromatic rings. The van der Waals surface area contributed by atoms with Crippen molar-refractivity contribution in [3.05, 3.63) is 68.6 Å². The van der Waals surface area contributed by atoms with Gasteiger partial charge in [-0.05, 0) is 42.7 Å². The van der Waals surface area contributed by atoms with E-state index in [1.165, 1.54) is 6.07 Å². The molecule has 0 atom stereocenters. The highest BCUT2D eigenvalue weighted by Crippen LogP contribution is 3.02. The van der Waals surface area contributed by atoms with E-state index >= 15 is 0 Å². The smallest absolute Gasteiger partial charge is 0.413 e. The summed E-state index contributed by atoms with van der Waals surface area (Å²) in [5.74, 6) is -2.62. The number of amides is 2. The molecule has 1 fully saturated rings. The monoisotopic (exact) mass is 638 g/mol. The molecule has 0 aliphatic heterocycles. The van der Waals surface area contributed by atoms with Crippen molar-refractivity contribution in [3.63, 3.8) is 0 Å². The third-order valence-corrected chi connectivity index (χ3v) is 8.00. The molecule has 0 radical (unpaired) electrons. The van der Waals surface area contributed by atoms with Crippen LogP contribution in [-0.4, -0.2) is 26.9 Å². The Morgan fingerprint density at radius 3 is 2.10 bits per heavy atom. The standard InChI is InChI=1S/C23H14Cl2F6N6O3S/c24-14-6-13(41(27,28,29,30)31)7-15(25)19(14)37-20(18(17(9-33)35-37)23(3-4-23)21(34)38)36(22(39)40)10-11-1-2-12(8-32)16(26)5-11/h1-2,5-7H,3-4,10H2,(H2,34,38)(H,39,40). The van der Waals surface area contributed by atoms with Gasteiger partial charge in [0.05, 0.1) is 27.6 Å². The maximum atomic E-state index is 14.3. The topological polar surface area (TPSA) is 149 Å². The van der Waals surface area contributed by atoms with Crippen molar-refractivity contribution in [2.45, 2.75) is 29.7 Å². The molecule has 18 heteroatoms. The molecule has 216 valence electrons. The van der Waals surface area contributed by atoms with Crippen LogP contribution >= 0.6 is 33.4 Å². The van der Waals surface area contributed by atoms with E-state index in [4.69, 9.17) is 34.2 Å². The number of halogens is 8. The second-order valence-electron chi connectivity index (χ2n) is 9.02. The molecule has 1 saturated carbocycles. The summed E-state index contributed by atoms with van der Waals surface area (Å²) < 4.78 is 82.3. The molecule has 1 aliphatic rings. The molecular weight excluding hydrogens is 625 g/mol. The molecule has 0 spiro atoms. The number of aromatic nitrogens is 2. The summed E-state index contributed by atoms with van der Waals surface area (Å²) >= 11 is 12.0. The van der Waals surface area contributed by atoms with Gasteiger partial charge >= 0.3 is 16.3 Å². The zero-order valence-corrected chi connectivity index (χ0v) is 22.3. The Balaban J connectivity index is 2.05. The van der Waals surface area contributed by atoms with Gasteiger partial charge in [-0.3, -0.25) is 9.69 Å². The summed E-state index contributed by atoms with van der Waals surface area (Å²) in [5.41, 5.74) is 1.86. The van der Waals surface area contributed by atoms with Gasteiger partial charge in [0, 0.05) is 5.56 Å². The van der Waals surface area contributed by atoms with Crippen molar-refractivity contribution in [1.82, 2.24) is 9.78 Å². The van der Waals surface area contributed by atoms with Crippen molar-refractivity contribution < 1.29 is 38.5 Å². The second kappa shape index (κ2) is 8.94. The maximum Gasteiger partial charge on any atom is 0.413 e. The van der Waals surface area contributed by atoms with Gasteiger partial charge in [0.1, 0.15) is 34.4 Å². The molecule has 1 heterocycles. The highest BCUT2D eigenvalue weighted by Gasteiger charge is 2.66. The SMILES string of the molecule is N#Cc1ccc(CN(C(=O)O)c2c(C3(C(N)=O)CC3)c(C#N)nn2-c2c(Cl)cc(S(F)(F)(F)(F)F)cc2Cl)cc1F. The Hall–Kier alpha value is -4.12. The van der Waals surface area contributed by atoms with Crippen LogP contribution in [0.1, 0.15) is 35.2 Å². The van der Waals surface area contributed by atoms with Crippen molar-refractivity contribution in [2.24, 2.45) is 5.73 Å². The normalized spacial score (nSPS) is 15.7. The van der Waals surface area contributed by atoms with Crippen LogP contribution < -0.4 is 10.6 Å². The Kier molecular flexibility index (Phi) is 6.51. The van der Waals surface area contributed by atoms with Gasteiger partial charge < -0.3 is 10.8 Å². The number of carbonyl (C=O) groups excluding carboxylic acids is 1. The van der Waals surface area contributed by atoms with Crippen LogP contribution in [0.5, 0.6) is 0 Å². The van der Waals surface area contributed by atoms with Crippen LogP contribution in [0.4, 0.5) is 34.4 Å². The quantitative estimate of drug-likeness (QED) is 0.268. The lowest BCUT2D eigenvalue weighted by Crippen LogP contribution is -2.35. The maximum absolute atomic E-state index is 14.3. The van der Waals surface area contributed by atoms with E-state index in [1.807, 2.05) is 0 Å². The van der Waals surface area contributed by atoms with E-state index in [0.717, 1.165) is 12.1 Å². The molecule has 1 aliphatic carbocycles. The molecule has 4 rings (SSSR count). The van der Waals surface area contributed by atoms with Gasteiger partial charge in [0.2, 0.25) is 5.91 Å². The lowest BCUT2D eigenvalue weighted by molar-refractivity contribution is -0.120. The molecule has 0 unspecified atom stereocenters. The second-order valence-corrected chi connectivity index (χ2v) is 12.2. The number of rotatable bonds is 7. The number of anilines is 1. The molecule has 3 N–H and O–H groups in total. The third-order valence-electron chi connectivity index (χ3n) is 6.30. The molecule has 41 heavy (non-hydrogen) atoms. The summed E-state index contributed by atoms with van der Waals surface area (Å²) in [6.07, 6.45) is -1.73. The minimum atomic E-state index is -10.3. The molecule has 2 amide bonds. The summed E-state index contributed by atoms with van der Waals surface area (Å²) in [6, 6.07) is 6.07. The van der Waals surface area contributed by atoms with Gasteiger partial charge in [-0.15, -0.1) is 0 Å². The van der Waals surface area contributed by atoms with E-state index in [0.29, 0.717) is 9.58 Å². The first-order valence-electron chi connectivity index (χ1n) is 11.0. The number of carboxylic acid groups (broad SMARTS) is 1. The number of nitrogens with zero attached hydrogens (tertiary/aromatic N) is 5. The van der Waals surface area contributed by atoms with Crippen molar-refractivity contribution >= 4 is 51.2 Å². The zero-order chi connectivity index (χ0) is 30.8. The number of nitriles is 2. The largest absolute Gasteiger partial charge is 0.465 e. The lowest BCUT2D eigenvalue weighted by atomic mass is 9.94. The van der Waals surface area contributed by atoms with Crippen LogP contribution in [0.15, 0.2) is 35.2 Å². The summed E-state index contributed by atoms with van der Waals surface area (Å²) in [5, 5.41) is 30.7. The van der Waals surface area contributed by atoms with E-state index in [9.17, 15) is 43.8 Å². The summed E-state index contributed by atoms with van der Waals surface area (Å²) in [7, 11) is -10.3. The minimum absolute atomic E-state index is 0.0271. The average molecular weight is 639 g/mol. The van der Waals surface area contributed by atoms with Crippen molar-refractivity contribution in [2.75, 3.05) is 4.90 Å². The van der Waals surface area contributed by atoms with E-state index in [1.54, 1.807) is 12.1 Å². The Morgan fingerprint density at radius 2 is 1.68 bits per heavy atom. The Bertz CT molecular complexity index is 1720. The van der Waals surface area contributed by atoms with Crippen LogP contribution in [0, 0.1) is 28.5 Å². The fraction of sp³-hybridized carbons (Fsp3) is 0.174. The van der Waals surface area contributed by atoms with Gasteiger partial charge in [-0.2, -0.15) is 15.6 Å². The summed E-state index contributed by atoms with van der Waals surface area (Å²) in [4.78, 5) is 23.0. The number of benzene rings is 2. The highest BCUT2D eigenvalue weighted by atomic mass is 35.5. The number of hydrogen-bond donors (Lipinski definition) is 2. The Morgan fingerprint density at radius 1 is 1.10 bits per heavy atom. The first-order chi connectivity index (χ1) is 18.7. The van der Waals surface area contributed by atoms with E-state index < -0.39 is 72.1 Å². The van der Waals surface area contributed by atoms with Gasteiger partial charge in [-0.1, -0.05) is 48.7 Å². The summed E-state index contributed by atoms with van der Waals surface area (Å²) in [6.45, 7) is -0.713. The Labute approximate surface area is 236 Å². The molecule has 1 aromatic heterocycles. The number of primary amides is 1.